The topological polar surface area (TPSA) is 44.9 Å². The fourth-order valence-corrected chi connectivity index (χ4v) is 2.24. The van der Waals surface area contributed by atoms with Crippen LogP contribution in [0.4, 0.5) is 0 Å². The van der Waals surface area contributed by atoms with E-state index in [0.29, 0.717) is 11.6 Å². The van der Waals surface area contributed by atoms with E-state index in [4.69, 9.17) is 0 Å². The number of rotatable bonds is 5. The van der Waals surface area contributed by atoms with Crippen LogP contribution >= 0.6 is 0 Å². The van der Waals surface area contributed by atoms with Crippen molar-refractivity contribution in [1.29, 1.82) is 0 Å². The Morgan fingerprint density at radius 2 is 1.85 bits per heavy atom. The molecular weight excluding hydrogens is 248 g/mol. The van der Waals surface area contributed by atoms with Gasteiger partial charge in [-0.1, -0.05) is 38.1 Å². The molecule has 1 aromatic carbocycles. The zero-order valence-electron chi connectivity index (χ0n) is 12.3. The number of hydrogen-bond donors (Lipinski definition) is 2. The SMILES string of the molecule is CC(C)Cc1ccc(C(C)NC(=O)c2ccc[nH]2)cc1. The molecule has 1 unspecified atom stereocenters. The van der Waals surface area contributed by atoms with Gasteiger partial charge in [0, 0.05) is 6.20 Å². The first-order valence-electron chi connectivity index (χ1n) is 7.09. The van der Waals surface area contributed by atoms with Gasteiger partial charge in [-0.25, -0.2) is 0 Å². The monoisotopic (exact) mass is 270 g/mol. The highest BCUT2D eigenvalue weighted by molar-refractivity contribution is 5.92. The summed E-state index contributed by atoms with van der Waals surface area (Å²) in [5.74, 6) is 0.583. The number of carbonyl (C=O) groups excluding carboxylic acids is 1. The van der Waals surface area contributed by atoms with Crippen LogP contribution in [0.25, 0.3) is 0 Å². The van der Waals surface area contributed by atoms with E-state index in [9.17, 15) is 4.79 Å². The number of aromatic amines is 1. The molecule has 20 heavy (non-hydrogen) atoms. The van der Waals surface area contributed by atoms with Crippen LogP contribution in [0.5, 0.6) is 0 Å². The Morgan fingerprint density at radius 3 is 2.40 bits per heavy atom. The molecule has 3 nitrogen and oxygen atoms in total. The molecule has 1 amide bonds. The summed E-state index contributed by atoms with van der Waals surface area (Å²) < 4.78 is 0. The summed E-state index contributed by atoms with van der Waals surface area (Å²) in [6.07, 6.45) is 2.84. The highest BCUT2D eigenvalue weighted by Crippen LogP contribution is 2.16. The van der Waals surface area contributed by atoms with E-state index in [-0.39, 0.29) is 11.9 Å². The van der Waals surface area contributed by atoms with E-state index in [1.807, 2.05) is 13.0 Å². The maximum Gasteiger partial charge on any atom is 0.268 e. The lowest BCUT2D eigenvalue weighted by atomic mass is 10.00. The molecule has 0 spiro atoms. The van der Waals surface area contributed by atoms with Crippen molar-refractivity contribution in [2.75, 3.05) is 0 Å². The maximum absolute atomic E-state index is 12.0. The highest BCUT2D eigenvalue weighted by Gasteiger charge is 2.11. The van der Waals surface area contributed by atoms with Crippen LogP contribution in [-0.4, -0.2) is 10.9 Å². The molecule has 1 heterocycles. The molecule has 0 bridgehead atoms. The van der Waals surface area contributed by atoms with Crippen LogP contribution in [0.3, 0.4) is 0 Å². The normalized spacial score (nSPS) is 12.4. The fourth-order valence-electron chi connectivity index (χ4n) is 2.24. The lowest BCUT2D eigenvalue weighted by Crippen LogP contribution is -2.26. The Kier molecular flexibility index (Phi) is 4.61. The van der Waals surface area contributed by atoms with Crippen molar-refractivity contribution < 1.29 is 4.79 Å². The van der Waals surface area contributed by atoms with E-state index in [0.717, 1.165) is 12.0 Å². The van der Waals surface area contributed by atoms with Gasteiger partial charge in [0.25, 0.3) is 5.91 Å². The predicted molar refractivity (Wildman–Crippen MR) is 81.7 cm³/mol. The molecule has 0 saturated carbocycles. The first-order valence-corrected chi connectivity index (χ1v) is 7.09. The van der Waals surface area contributed by atoms with E-state index >= 15 is 0 Å². The van der Waals surface area contributed by atoms with Gasteiger partial charge in [-0.2, -0.15) is 0 Å². The molecule has 3 heteroatoms. The Morgan fingerprint density at radius 1 is 1.15 bits per heavy atom. The van der Waals surface area contributed by atoms with Gasteiger partial charge in [0.1, 0.15) is 5.69 Å². The molecule has 1 atom stereocenters. The van der Waals surface area contributed by atoms with Gasteiger partial charge in [0.2, 0.25) is 0 Å². The van der Waals surface area contributed by atoms with Crippen LogP contribution in [0.1, 0.15) is 48.4 Å². The standard InChI is InChI=1S/C17H22N2O/c1-12(2)11-14-6-8-15(9-7-14)13(3)19-17(20)16-5-4-10-18-16/h4-10,12-13,18H,11H2,1-3H3,(H,19,20). The molecular formula is C17H22N2O. The summed E-state index contributed by atoms with van der Waals surface area (Å²) in [6.45, 7) is 6.43. The molecule has 0 aliphatic carbocycles. The van der Waals surface area contributed by atoms with Gasteiger partial charge in [-0.3, -0.25) is 4.79 Å². The number of nitrogens with one attached hydrogen (secondary N) is 2. The third-order valence-corrected chi connectivity index (χ3v) is 3.31. The number of benzene rings is 1. The third-order valence-electron chi connectivity index (χ3n) is 3.31. The van der Waals surface area contributed by atoms with Crippen LogP contribution in [-0.2, 0) is 6.42 Å². The zero-order chi connectivity index (χ0) is 14.5. The molecule has 0 fully saturated rings. The smallest absolute Gasteiger partial charge is 0.268 e. The van der Waals surface area contributed by atoms with Crippen LogP contribution in [0.15, 0.2) is 42.6 Å². The minimum absolute atomic E-state index is 0.00102. The maximum atomic E-state index is 12.0. The minimum Gasteiger partial charge on any atom is -0.357 e. The van der Waals surface area contributed by atoms with Crippen LogP contribution < -0.4 is 5.32 Å². The number of amides is 1. The summed E-state index contributed by atoms with van der Waals surface area (Å²) in [5, 5.41) is 2.99. The lowest BCUT2D eigenvalue weighted by Gasteiger charge is -2.14. The molecule has 106 valence electrons. The van der Waals surface area contributed by atoms with E-state index < -0.39 is 0 Å². The van der Waals surface area contributed by atoms with Gasteiger partial charge >= 0.3 is 0 Å². The van der Waals surface area contributed by atoms with Gasteiger partial charge in [-0.05, 0) is 42.5 Å². The number of aromatic nitrogens is 1. The van der Waals surface area contributed by atoms with Crippen molar-refractivity contribution in [3.8, 4) is 0 Å². The molecule has 0 aliphatic heterocycles. The Balaban J connectivity index is 1.98. The lowest BCUT2D eigenvalue weighted by molar-refractivity contribution is 0.0935. The van der Waals surface area contributed by atoms with Crippen molar-refractivity contribution >= 4 is 5.91 Å². The molecule has 0 radical (unpaired) electrons. The Hall–Kier alpha value is -2.03. The highest BCUT2D eigenvalue weighted by atomic mass is 16.1. The largest absolute Gasteiger partial charge is 0.357 e. The summed E-state index contributed by atoms with van der Waals surface area (Å²) in [6, 6.07) is 12.1. The molecule has 2 rings (SSSR count). The summed E-state index contributed by atoms with van der Waals surface area (Å²) in [4.78, 5) is 14.9. The Labute approximate surface area is 120 Å². The van der Waals surface area contributed by atoms with Gasteiger partial charge < -0.3 is 10.3 Å². The average Bonchev–Trinajstić information content (AvgIpc) is 2.92. The van der Waals surface area contributed by atoms with E-state index in [1.54, 1.807) is 12.3 Å². The van der Waals surface area contributed by atoms with Crippen molar-refractivity contribution in [3.05, 3.63) is 59.4 Å². The van der Waals surface area contributed by atoms with E-state index in [2.05, 4.69) is 48.4 Å². The Bertz CT molecular complexity index is 541. The molecule has 0 aliphatic rings. The summed E-state index contributed by atoms with van der Waals surface area (Å²) >= 11 is 0. The number of H-pyrrole nitrogens is 1. The van der Waals surface area contributed by atoms with Gasteiger partial charge in [0.15, 0.2) is 0 Å². The number of hydrogen-bond acceptors (Lipinski definition) is 1. The second-order valence-electron chi connectivity index (χ2n) is 5.62. The first kappa shape index (κ1) is 14.4. The van der Waals surface area contributed by atoms with Gasteiger partial charge in [0.05, 0.1) is 6.04 Å². The summed E-state index contributed by atoms with van der Waals surface area (Å²) in [7, 11) is 0. The van der Waals surface area contributed by atoms with Crippen LogP contribution in [0, 0.1) is 5.92 Å². The van der Waals surface area contributed by atoms with Gasteiger partial charge in [-0.15, -0.1) is 0 Å². The molecule has 0 saturated heterocycles. The molecule has 1 aromatic heterocycles. The quantitative estimate of drug-likeness (QED) is 0.854. The first-order chi connectivity index (χ1) is 9.56. The number of carbonyl (C=O) groups is 1. The van der Waals surface area contributed by atoms with Crippen molar-refractivity contribution in [1.82, 2.24) is 10.3 Å². The third kappa shape index (κ3) is 3.73. The fraction of sp³-hybridized carbons (Fsp3) is 0.353. The summed E-state index contributed by atoms with van der Waals surface area (Å²) in [5.41, 5.74) is 3.05. The van der Waals surface area contributed by atoms with Crippen molar-refractivity contribution in [3.63, 3.8) is 0 Å². The van der Waals surface area contributed by atoms with Crippen molar-refractivity contribution in [2.45, 2.75) is 33.2 Å². The average molecular weight is 270 g/mol. The second-order valence-corrected chi connectivity index (χ2v) is 5.62. The second kappa shape index (κ2) is 6.42. The molecule has 2 N–H and O–H groups in total. The zero-order valence-corrected chi connectivity index (χ0v) is 12.3. The van der Waals surface area contributed by atoms with E-state index in [1.165, 1.54) is 5.56 Å². The van der Waals surface area contributed by atoms with Crippen LogP contribution in [0.2, 0.25) is 0 Å². The van der Waals surface area contributed by atoms with Crippen molar-refractivity contribution in [2.24, 2.45) is 5.92 Å². The minimum atomic E-state index is -0.0752. The predicted octanol–water partition coefficient (Wildman–Crippen LogP) is 3.70. The molecule has 2 aromatic rings.